The van der Waals surface area contributed by atoms with Crippen molar-refractivity contribution >= 4 is 40.9 Å². The SMILES string of the molecule is CCC/C=C/c1c(O)c(Cl)c(Cl)c(O)c1Cl. The maximum atomic E-state index is 9.72. The minimum atomic E-state index is -0.317. The summed E-state index contributed by atoms with van der Waals surface area (Å²) in [5.74, 6) is -0.538. The lowest BCUT2D eigenvalue weighted by Gasteiger charge is -2.09. The summed E-state index contributed by atoms with van der Waals surface area (Å²) in [6.45, 7) is 2.03. The van der Waals surface area contributed by atoms with E-state index in [9.17, 15) is 10.2 Å². The number of hydrogen-bond donors (Lipinski definition) is 2. The second-order valence-electron chi connectivity index (χ2n) is 3.24. The van der Waals surface area contributed by atoms with Gasteiger partial charge < -0.3 is 10.2 Å². The molecule has 0 atom stereocenters. The van der Waals surface area contributed by atoms with Gasteiger partial charge >= 0.3 is 0 Å². The zero-order chi connectivity index (χ0) is 12.3. The predicted octanol–water partition coefficient (Wildman–Crippen LogP) is 4.87. The summed E-state index contributed by atoms with van der Waals surface area (Å²) < 4.78 is 0. The molecule has 5 heteroatoms. The smallest absolute Gasteiger partial charge is 0.155 e. The fourth-order valence-corrected chi connectivity index (χ4v) is 1.84. The Morgan fingerprint density at radius 2 is 1.56 bits per heavy atom. The van der Waals surface area contributed by atoms with E-state index in [1.807, 2.05) is 13.0 Å². The highest BCUT2D eigenvalue weighted by molar-refractivity contribution is 6.46. The highest BCUT2D eigenvalue weighted by Crippen LogP contribution is 2.46. The Morgan fingerprint density at radius 3 is 2.12 bits per heavy atom. The molecule has 0 aliphatic heterocycles. The normalized spacial score (nSPS) is 11.2. The Hall–Kier alpha value is -0.570. The van der Waals surface area contributed by atoms with Gasteiger partial charge in [0, 0.05) is 5.56 Å². The van der Waals surface area contributed by atoms with Crippen LogP contribution in [0.1, 0.15) is 25.3 Å². The molecule has 0 saturated heterocycles. The summed E-state index contributed by atoms with van der Waals surface area (Å²) in [6.07, 6.45) is 5.27. The van der Waals surface area contributed by atoms with Crippen molar-refractivity contribution in [2.75, 3.05) is 0 Å². The van der Waals surface area contributed by atoms with E-state index in [-0.39, 0.29) is 32.1 Å². The van der Waals surface area contributed by atoms with Crippen molar-refractivity contribution < 1.29 is 10.2 Å². The van der Waals surface area contributed by atoms with Gasteiger partial charge in [-0.2, -0.15) is 0 Å². The quantitative estimate of drug-likeness (QED) is 0.613. The largest absolute Gasteiger partial charge is 0.506 e. The molecule has 16 heavy (non-hydrogen) atoms. The van der Waals surface area contributed by atoms with Crippen LogP contribution >= 0.6 is 34.8 Å². The number of rotatable bonds is 3. The Bertz CT molecular complexity index is 399. The Balaban J connectivity index is 3.29. The molecule has 1 aromatic rings. The molecule has 0 saturated carbocycles. The Labute approximate surface area is 109 Å². The predicted molar refractivity (Wildman–Crippen MR) is 68.7 cm³/mol. The van der Waals surface area contributed by atoms with E-state index < -0.39 is 0 Å². The monoisotopic (exact) mass is 280 g/mol. The molecule has 0 fully saturated rings. The first-order valence-corrected chi connectivity index (χ1v) is 5.89. The summed E-state index contributed by atoms with van der Waals surface area (Å²) in [5.41, 5.74) is 0.280. The maximum Gasteiger partial charge on any atom is 0.155 e. The molecule has 0 spiro atoms. The van der Waals surface area contributed by atoms with Gasteiger partial charge in [0.1, 0.15) is 15.8 Å². The maximum absolute atomic E-state index is 9.72. The number of phenolic OH excluding ortho intramolecular Hbond substituents is 2. The minimum Gasteiger partial charge on any atom is -0.506 e. The molecule has 1 aromatic carbocycles. The van der Waals surface area contributed by atoms with Crippen LogP contribution < -0.4 is 0 Å². The lowest BCUT2D eigenvalue weighted by molar-refractivity contribution is 0.460. The summed E-state index contributed by atoms with van der Waals surface area (Å²) >= 11 is 17.3. The van der Waals surface area contributed by atoms with Crippen molar-refractivity contribution in [3.8, 4) is 11.5 Å². The summed E-state index contributed by atoms with van der Waals surface area (Å²) in [6, 6.07) is 0. The molecule has 0 aliphatic rings. The van der Waals surface area contributed by atoms with E-state index in [1.165, 1.54) is 0 Å². The molecular formula is C11H11Cl3O2. The average Bonchev–Trinajstić information content (AvgIpc) is 2.28. The van der Waals surface area contributed by atoms with Crippen LogP contribution in [0.15, 0.2) is 6.08 Å². The molecule has 2 N–H and O–H groups in total. The molecule has 0 amide bonds. The van der Waals surface area contributed by atoms with Crippen LogP contribution in [0, 0.1) is 0 Å². The third-order valence-electron chi connectivity index (χ3n) is 2.05. The fourth-order valence-electron chi connectivity index (χ4n) is 1.17. The number of benzene rings is 1. The number of phenols is 2. The highest BCUT2D eigenvalue weighted by Gasteiger charge is 2.18. The number of halogens is 3. The van der Waals surface area contributed by atoms with Gasteiger partial charge in [-0.3, -0.25) is 0 Å². The van der Waals surface area contributed by atoms with E-state index in [0.717, 1.165) is 12.8 Å². The van der Waals surface area contributed by atoms with Gasteiger partial charge in [0.2, 0.25) is 0 Å². The molecule has 0 aromatic heterocycles. The summed E-state index contributed by atoms with van der Waals surface area (Å²) in [5, 5.41) is 19.0. The fraction of sp³-hybridized carbons (Fsp3) is 0.273. The topological polar surface area (TPSA) is 40.5 Å². The number of aromatic hydroxyl groups is 2. The number of unbranched alkanes of at least 4 members (excludes halogenated alkanes) is 1. The van der Waals surface area contributed by atoms with E-state index in [2.05, 4.69) is 0 Å². The Kier molecular flexibility index (Phi) is 4.78. The lowest BCUT2D eigenvalue weighted by atomic mass is 10.1. The zero-order valence-corrected chi connectivity index (χ0v) is 10.9. The van der Waals surface area contributed by atoms with Crippen molar-refractivity contribution in [2.45, 2.75) is 19.8 Å². The summed E-state index contributed by atoms with van der Waals surface area (Å²) in [4.78, 5) is 0. The van der Waals surface area contributed by atoms with Gasteiger partial charge in [0.25, 0.3) is 0 Å². The molecule has 1 rings (SSSR count). The van der Waals surface area contributed by atoms with Crippen molar-refractivity contribution in [1.82, 2.24) is 0 Å². The van der Waals surface area contributed by atoms with E-state index in [1.54, 1.807) is 6.08 Å². The van der Waals surface area contributed by atoms with Crippen LogP contribution in [0.2, 0.25) is 15.1 Å². The lowest BCUT2D eigenvalue weighted by Crippen LogP contribution is -1.83. The van der Waals surface area contributed by atoms with Crippen molar-refractivity contribution in [3.05, 3.63) is 26.7 Å². The van der Waals surface area contributed by atoms with Crippen LogP contribution in [0.5, 0.6) is 11.5 Å². The van der Waals surface area contributed by atoms with E-state index in [0.29, 0.717) is 0 Å². The first-order valence-electron chi connectivity index (χ1n) is 4.75. The second-order valence-corrected chi connectivity index (χ2v) is 4.38. The highest BCUT2D eigenvalue weighted by atomic mass is 35.5. The van der Waals surface area contributed by atoms with Gasteiger partial charge in [0.15, 0.2) is 5.75 Å². The van der Waals surface area contributed by atoms with Crippen molar-refractivity contribution in [2.24, 2.45) is 0 Å². The number of hydrogen-bond acceptors (Lipinski definition) is 2. The van der Waals surface area contributed by atoms with Crippen molar-refractivity contribution in [3.63, 3.8) is 0 Å². The summed E-state index contributed by atoms with van der Waals surface area (Å²) in [7, 11) is 0. The van der Waals surface area contributed by atoms with Gasteiger partial charge in [-0.05, 0) is 6.42 Å². The third-order valence-corrected chi connectivity index (χ3v) is 3.26. The van der Waals surface area contributed by atoms with Crippen LogP contribution in [-0.4, -0.2) is 10.2 Å². The van der Waals surface area contributed by atoms with E-state index >= 15 is 0 Å². The zero-order valence-electron chi connectivity index (χ0n) is 8.60. The first kappa shape index (κ1) is 13.5. The van der Waals surface area contributed by atoms with Crippen LogP contribution in [0.3, 0.4) is 0 Å². The average molecular weight is 282 g/mol. The number of allylic oxidation sites excluding steroid dienone is 1. The molecule has 2 nitrogen and oxygen atoms in total. The van der Waals surface area contributed by atoms with Gasteiger partial charge in [-0.1, -0.05) is 60.3 Å². The van der Waals surface area contributed by atoms with Gasteiger partial charge in [0.05, 0.1) is 5.02 Å². The first-order chi connectivity index (χ1) is 7.50. The standard InChI is InChI=1S/C11H11Cl3O2/c1-2-3-4-5-6-7(12)11(16)9(14)8(13)10(6)15/h4-5,15-16H,2-3H2,1H3/b5-4+. The van der Waals surface area contributed by atoms with Crippen LogP contribution in [-0.2, 0) is 0 Å². The second kappa shape index (κ2) is 5.67. The molecule has 0 radical (unpaired) electrons. The van der Waals surface area contributed by atoms with Crippen molar-refractivity contribution in [1.29, 1.82) is 0 Å². The van der Waals surface area contributed by atoms with Gasteiger partial charge in [-0.25, -0.2) is 0 Å². The van der Waals surface area contributed by atoms with Crippen LogP contribution in [0.4, 0.5) is 0 Å². The minimum absolute atomic E-state index is 0.000692. The molecule has 0 aliphatic carbocycles. The molecule has 0 heterocycles. The molecule has 0 bridgehead atoms. The van der Waals surface area contributed by atoms with E-state index in [4.69, 9.17) is 34.8 Å². The third kappa shape index (κ3) is 2.57. The Morgan fingerprint density at radius 1 is 1.00 bits per heavy atom. The van der Waals surface area contributed by atoms with Crippen LogP contribution in [0.25, 0.3) is 6.08 Å². The molecule has 88 valence electrons. The molecular weight excluding hydrogens is 270 g/mol. The van der Waals surface area contributed by atoms with Gasteiger partial charge in [-0.15, -0.1) is 0 Å². The molecule has 0 unspecified atom stereocenters.